The van der Waals surface area contributed by atoms with Gasteiger partial charge in [-0.15, -0.1) is 0 Å². The molecule has 3 heteroatoms. The van der Waals surface area contributed by atoms with Gasteiger partial charge in [-0.1, -0.05) is 153 Å². The number of para-hydroxylation sites is 1. The fourth-order valence-electron chi connectivity index (χ4n) is 8.99. The van der Waals surface area contributed by atoms with Crippen molar-refractivity contribution in [3.8, 4) is 28.3 Å². The van der Waals surface area contributed by atoms with E-state index in [0.717, 1.165) is 33.1 Å². The Morgan fingerprint density at radius 3 is 1.96 bits per heavy atom. The van der Waals surface area contributed by atoms with Crippen molar-refractivity contribution in [1.82, 2.24) is 14.5 Å². The van der Waals surface area contributed by atoms with Gasteiger partial charge in [0, 0.05) is 38.1 Å². The fourth-order valence-corrected chi connectivity index (χ4v) is 8.99. The van der Waals surface area contributed by atoms with Gasteiger partial charge < -0.3 is 0 Å². The van der Waals surface area contributed by atoms with Crippen LogP contribution in [0.2, 0.25) is 0 Å². The van der Waals surface area contributed by atoms with Gasteiger partial charge >= 0.3 is 0 Å². The van der Waals surface area contributed by atoms with E-state index in [1.165, 1.54) is 65.5 Å². The van der Waals surface area contributed by atoms with Gasteiger partial charge in [0.05, 0.1) is 22.2 Å². The zero-order valence-electron chi connectivity index (χ0n) is 27.8. The van der Waals surface area contributed by atoms with E-state index >= 15 is 0 Å². The van der Waals surface area contributed by atoms with Crippen molar-refractivity contribution in [2.75, 3.05) is 0 Å². The molecule has 0 N–H and O–H groups in total. The van der Waals surface area contributed by atoms with Gasteiger partial charge in [-0.05, 0) is 55.8 Å². The van der Waals surface area contributed by atoms with Gasteiger partial charge in [-0.25, -0.2) is 9.97 Å². The minimum Gasteiger partial charge on any atom is -0.277 e. The predicted molar refractivity (Wildman–Crippen MR) is 209 cm³/mol. The Balaban J connectivity index is 1.41. The molecule has 0 unspecified atom stereocenters. The van der Waals surface area contributed by atoms with Crippen LogP contribution in [0.1, 0.15) is 25.0 Å². The Labute approximate surface area is 289 Å². The summed E-state index contributed by atoms with van der Waals surface area (Å²) in [5.74, 6) is 0.684. The molecule has 1 aliphatic rings. The van der Waals surface area contributed by atoms with Crippen LogP contribution < -0.4 is 0 Å². The molecule has 2 heterocycles. The zero-order valence-corrected chi connectivity index (χ0v) is 27.8. The van der Waals surface area contributed by atoms with E-state index < -0.39 is 0 Å². The maximum Gasteiger partial charge on any atom is 0.235 e. The summed E-state index contributed by atoms with van der Waals surface area (Å²) in [6, 6.07) is 54.8. The minimum absolute atomic E-state index is 0.223. The highest BCUT2D eigenvalue weighted by molar-refractivity contribution is 6.31. The van der Waals surface area contributed by atoms with E-state index in [9.17, 15) is 0 Å². The van der Waals surface area contributed by atoms with Crippen LogP contribution in [0.5, 0.6) is 0 Å². The third-order valence-corrected chi connectivity index (χ3v) is 11.1. The number of rotatable bonds is 2. The average molecular weight is 638 g/mol. The van der Waals surface area contributed by atoms with Gasteiger partial charge in [0.2, 0.25) is 5.95 Å². The van der Waals surface area contributed by atoms with Crippen molar-refractivity contribution in [3.63, 3.8) is 0 Å². The van der Waals surface area contributed by atoms with Crippen molar-refractivity contribution in [2.24, 2.45) is 0 Å². The average Bonchev–Trinajstić information content (AvgIpc) is 3.64. The molecule has 10 aromatic rings. The van der Waals surface area contributed by atoms with Crippen molar-refractivity contribution in [3.05, 3.63) is 163 Å². The second-order valence-electron chi connectivity index (χ2n) is 14.1. The third kappa shape index (κ3) is 3.54. The smallest absolute Gasteiger partial charge is 0.235 e. The van der Waals surface area contributed by atoms with Crippen LogP contribution in [-0.4, -0.2) is 14.5 Å². The third-order valence-electron chi connectivity index (χ3n) is 11.1. The maximum absolute atomic E-state index is 5.53. The highest BCUT2D eigenvalue weighted by Crippen LogP contribution is 2.57. The van der Waals surface area contributed by atoms with Gasteiger partial charge in [-0.2, -0.15) is 0 Å². The Morgan fingerprint density at radius 2 is 1.14 bits per heavy atom. The lowest BCUT2D eigenvalue weighted by atomic mass is 9.78. The summed E-state index contributed by atoms with van der Waals surface area (Å²) in [7, 11) is 0. The Bertz CT molecular complexity index is 3060. The predicted octanol–water partition coefficient (Wildman–Crippen LogP) is 12.2. The molecule has 0 radical (unpaired) electrons. The molecule has 0 fully saturated rings. The molecule has 11 rings (SSSR count). The van der Waals surface area contributed by atoms with Crippen LogP contribution in [-0.2, 0) is 5.41 Å². The molecule has 8 aromatic carbocycles. The standard InChI is InChI=1S/C47H31N3/c1-47(2)37-22-12-10-20-33(37)41-42(47)39-31-18-8-6-14-28(31)24-26-35(39)40-34-21-11-13-23-38(34)50(45(40)41)46-48-43(30-16-4-3-5-17-30)36-27-25-29-15-7-9-19-32(29)44(36)49-46/h3-27H,1-2H3. The number of aromatic nitrogens is 3. The van der Waals surface area contributed by atoms with Crippen LogP contribution in [0.4, 0.5) is 0 Å². The summed E-state index contributed by atoms with van der Waals surface area (Å²) in [5, 5.41) is 10.9. The molecule has 0 spiro atoms. The van der Waals surface area contributed by atoms with Gasteiger partial charge in [0.1, 0.15) is 0 Å². The quantitative estimate of drug-likeness (QED) is 0.177. The SMILES string of the molecule is CC1(C)c2ccccc2-c2c1c1c3ccccc3ccc1c1c3ccccc3n(-c3nc(-c4ccccc4)c4ccc5ccccc5c4n3)c21. The van der Waals surface area contributed by atoms with Crippen LogP contribution in [0.3, 0.4) is 0 Å². The highest BCUT2D eigenvalue weighted by Gasteiger charge is 2.40. The summed E-state index contributed by atoms with van der Waals surface area (Å²) in [4.78, 5) is 11.1. The summed E-state index contributed by atoms with van der Waals surface area (Å²) < 4.78 is 2.37. The first kappa shape index (κ1) is 27.6. The largest absolute Gasteiger partial charge is 0.277 e. The maximum atomic E-state index is 5.53. The molecule has 0 saturated carbocycles. The normalized spacial score (nSPS) is 13.6. The van der Waals surface area contributed by atoms with Crippen LogP contribution in [0.15, 0.2) is 152 Å². The molecule has 0 aliphatic heterocycles. The zero-order chi connectivity index (χ0) is 33.1. The molecule has 2 aromatic heterocycles. The molecule has 0 bridgehead atoms. The second kappa shape index (κ2) is 9.87. The molecular weight excluding hydrogens is 607 g/mol. The van der Waals surface area contributed by atoms with E-state index in [0.29, 0.717) is 5.95 Å². The second-order valence-corrected chi connectivity index (χ2v) is 14.1. The van der Waals surface area contributed by atoms with Gasteiger partial charge in [0.25, 0.3) is 0 Å². The molecule has 0 amide bonds. The van der Waals surface area contributed by atoms with Crippen LogP contribution >= 0.6 is 0 Å². The van der Waals surface area contributed by atoms with Crippen molar-refractivity contribution in [2.45, 2.75) is 19.3 Å². The van der Waals surface area contributed by atoms with E-state index in [4.69, 9.17) is 9.97 Å². The summed E-state index contributed by atoms with van der Waals surface area (Å²) >= 11 is 0. The van der Waals surface area contributed by atoms with Gasteiger partial charge in [-0.3, -0.25) is 4.57 Å². The van der Waals surface area contributed by atoms with Gasteiger partial charge in [0.15, 0.2) is 0 Å². The number of hydrogen-bond donors (Lipinski definition) is 0. The lowest BCUT2D eigenvalue weighted by Gasteiger charge is -2.24. The first-order valence-electron chi connectivity index (χ1n) is 17.4. The first-order valence-corrected chi connectivity index (χ1v) is 17.4. The minimum atomic E-state index is -0.223. The van der Waals surface area contributed by atoms with Crippen molar-refractivity contribution < 1.29 is 0 Å². The van der Waals surface area contributed by atoms with Crippen LogP contribution in [0, 0.1) is 0 Å². The topological polar surface area (TPSA) is 30.7 Å². The first-order chi connectivity index (χ1) is 24.6. The van der Waals surface area contributed by atoms with E-state index in [2.05, 4.69) is 170 Å². The Morgan fingerprint density at radius 1 is 0.500 bits per heavy atom. The Hall–Kier alpha value is -6.32. The summed E-state index contributed by atoms with van der Waals surface area (Å²) in [6.07, 6.45) is 0. The summed E-state index contributed by atoms with van der Waals surface area (Å²) in [6.45, 7) is 4.79. The Kier molecular flexibility index (Phi) is 5.45. The van der Waals surface area contributed by atoms with E-state index in [-0.39, 0.29) is 5.41 Å². The molecule has 0 atom stereocenters. The number of nitrogens with zero attached hydrogens (tertiary/aromatic N) is 3. The lowest BCUT2D eigenvalue weighted by Crippen LogP contribution is -2.15. The molecule has 1 aliphatic carbocycles. The van der Waals surface area contributed by atoms with Crippen LogP contribution in [0.25, 0.3) is 93.4 Å². The molecule has 234 valence electrons. The number of hydrogen-bond acceptors (Lipinski definition) is 2. The lowest BCUT2D eigenvalue weighted by molar-refractivity contribution is 0.667. The fraction of sp³-hybridized carbons (Fsp3) is 0.0638. The van der Waals surface area contributed by atoms with E-state index in [1.807, 2.05) is 0 Å². The molecule has 50 heavy (non-hydrogen) atoms. The highest BCUT2D eigenvalue weighted by atomic mass is 15.2. The number of fused-ring (bicyclic) bond motifs is 15. The van der Waals surface area contributed by atoms with E-state index in [1.54, 1.807) is 0 Å². The monoisotopic (exact) mass is 637 g/mol. The van der Waals surface area contributed by atoms with Crippen molar-refractivity contribution in [1.29, 1.82) is 0 Å². The molecular formula is C47H31N3. The summed E-state index contributed by atoms with van der Waals surface area (Å²) in [5.41, 5.74) is 10.3. The molecule has 0 saturated heterocycles. The van der Waals surface area contributed by atoms with Crippen molar-refractivity contribution >= 4 is 65.0 Å². The molecule has 3 nitrogen and oxygen atoms in total. The number of benzene rings is 8.